The fraction of sp³-hybridized carbons (Fsp3) is 0.824. The van der Waals surface area contributed by atoms with E-state index in [9.17, 15) is 32.7 Å². The number of carbonyl (C=O) groups is 3. The summed E-state index contributed by atoms with van der Waals surface area (Å²) in [6, 6.07) is -1.97. The highest BCUT2D eigenvalue weighted by Gasteiger charge is 2.68. The number of piperidine rings is 1. The van der Waals surface area contributed by atoms with Crippen LogP contribution in [0.15, 0.2) is 0 Å². The van der Waals surface area contributed by atoms with Gasteiger partial charge in [0.25, 0.3) is 0 Å². The van der Waals surface area contributed by atoms with Crippen LogP contribution in [0.2, 0.25) is 0 Å². The molecule has 0 aromatic heterocycles. The first-order valence-corrected chi connectivity index (χ1v) is 8.48. The molecule has 148 valence electrons. The molecule has 9 heteroatoms. The standard InChI is InChI=1S/C17H25F3N2O4/c1-15(2,3)12(21-14(26)17(18,19)20)13(25)22-7-8-11(16(8,4)5)9(22)6-10(23)24/h8-9,11-12H,6-7H2,1-5H3,(H,21,26)(H,23,24)/t8-,9+,11-,12+/m0/s1. The molecule has 2 fully saturated rings. The number of hydrogen-bond donors (Lipinski definition) is 2. The van der Waals surface area contributed by atoms with Gasteiger partial charge >= 0.3 is 18.1 Å². The lowest BCUT2D eigenvalue weighted by Crippen LogP contribution is -2.58. The Morgan fingerprint density at radius 3 is 2.19 bits per heavy atom. The molecule has 1 aliphatic carbocycles. The van der Waals surface area contributed by atoms with Gasteiger partial charge in [-0.25, -0.2) is 0 Å². The summed E-state index contributed by atoms with van der Waals surface area (Å²) in [5, 5.41) is 11.0. The van der Waals surface area contributed by atoms with Crippen molar-refractivity contribution in [2.75, 3.05) is 6.54 Å². The molecule has 0 spiro atoms. The van der Waals surface area contributed by atoms with Crippen LogP contribution in [-0.2, 0) is 14.4 Å². The smallest absolute Gasteiger partial charge is 0.471 e. The Morgan fingerprint density at radius 1 is 1.23 bits per heavy atom. The molecule has 0 aromatic carbocycles. The average molecular weight is 378 g/mol. The van der Waals surface area contributed by atoms with E-state index in [0.717, 1.165) is 0 Å². The van der Waals surface area contributed by atoms with Gasteiger partial charge in [0.1, 0.15) is 6.04 Å². The number of alkyl halides is 3. The fourth-order valence-corrected chi connectivity index (χ4v) is 4.14. The number of hydrogen-bond acceptors (Lipinski definition) is 3. The molecule has 2 rings (SSSR count). The summed E-state index contributed by atoms with van der Waals surface area (Å²) in [4.78, 5) is 36.9. The third-order valence-corrected chi connectivity index (χ3v) is 5.66. The Hall–Kier alpha value is -1.80. The van der Waals surface area contributed by atoms with Crippen LogP contribution in [0.5, 0.6) is 0 Å². The van der Waals surface area contributed by atoms with Crippen molar-refractivity contribution < 1.29 is 32.7 Å². The number of aliphatic carboxylic acids is 1. The molecule has 2 aliphatic rings. The summed E-state index contributed by atoms with van der Waals surface area (Å²) in [5.74, 6) is -3.78. The third kappa shape index (κ3) is 3.66. The van der Waals surface area contributed by atoms with Gasteiger partial charge in [-0.15, -0.1) is 0 Å². The van der Waals surface area contributed by atoms with Crippen LogP contribution < -0.4 is 5.32 Å². The number of rotatable bonds is 4. The maximum absolute atomic E-state index is 13.0. The van der Waals surface area contributed by atoms with E-state index in [-0.39, 0.29) is 23.7 Å². The largest absolute Gasteiger partial charge is 0.481 e. The number of carbonyl (C=O) groups excluding carboxylic acids is 2. The molecule has 2 amide bonds. The predicted molar refractivity (Wildman–Crippen MR) is 86.0 cm³/mol. The van der Waals surface area contributed by atoms with Crippen molar-refractivity contribution in [1.82, 2.24) is 10.2 Å². The average Bonchev–Trinajstić information content (AvgIpc) is 2.77. The van der Waals surface area contributed by atoms with Crippen LogP contribution in [0, 0.1) is 22.7 Å². The van der Waals surface area contributed by atoms with Crippen molar-refractivity contribution >= 4 is 17.8 Å². The Balaban J connectivity index is 2.25. The predicted octanol–water partition coefficient (Wildman–Crippen LogP) is 2.04. The summed E-state index contributed by atoms with van der Waals surface area (Å²) >= 11 is 0. The van der Waals surface area contributed by atoms with Gasteiger partial charge in [0.2, 0.25) is 5.91 Å². The molecular formula is C17H25F3N2O4. The van der Waals surface area contributed by atoms with Crippen molar-refractivity contribution in [3.8, 4) is 0 Å². The first-order chi connectivity index (χ1) is 11.6. The van der Waals surface area contributed by atoms with Gasteiger partial charge in [-0.3, -0.25) is 14.4 Å². The number of carboxylic acid groups (broad SMARTS) is 1. The fourth-order valence-electron chi connectivity index (χ4n) is 4.14. The molecule has 1 saturated carbocycles. The second-order valence-corrected chi connectivity index (χ2v) is 8.88. The van der Waals surface area contributed by atoms with E-state index >= 15 is 0 Å². The van der Waals surface area contributed by atoms with Crippen LogP contribution in [0.3, 0.4) is 0 Å². The molecule has 26 heavy (non-hydrogen) atoms. The van der Waals surface area contributed by atoms with Gasteiger partial charge < -0.3 is 15.3 Å². The molecule has 0 bridgehead atoms. The minimum Gasteiger partial charge on any atom is -0.481 e. The lowest BCUT2D eigenvalue weighted by atomic mass is 9.85. The van der Waals surface area contributed by atoms with Crippen molar-refractivity contribution in [3.63, 3.8) is 0 Å². The first kappa shape index (κ1) is 20.5. The molecule has 1 saturated heterocycles. The highest BCUT2D eigenvalue weighted by atomic mass is 19.4. The zero-order chi connectivity index (χ0) is 20.2. The summed E-state index contributed by atoms with van der Waals surface area (Å²) in [6.45, 7) is 8.94. The van der Waals surface area contributed by atoms with E-state index in [2.05, 4.69) is 0 Å². The number of nitrogens with one attached hydrogen (secondary N) is 1. The summed E-state index contributed by atoms with van der Waals surface area (Å²) in [5.41, 5.74) is -1.06. The van der Waals surface area contributed by atoms with Gasteiger partial charge in [0, 0.05) is 12.6 Å². The normalized spacial score (nSPS) is 28.3. The maximum atomic E-state index is 13.0. The topological polar surface area (TPSA) is 86.7 Å². The zero-order valence-corrected chi connectivity index (χ0v) is 15.5. The lowest BCUT2D eigenvalue weighted by molar-refractivity contribution is -0.176. The Morgan fingerprint density at radius 2 is 1.77 bits per heavy atom. The number of fused-ring (bicyclic) bond motifs is 1. The third-order valence-electron chi connectivity index (χ3n) is 5.66. The van der Waals surface area contributed by atoms with Gasteiger partial charge in [0.15, 0.2) is 0 Å². The van der Waals surface area contributed by atoms with E-state index in [1.807, 2.05) is 13.8 Å². The molecule has 2 N–H and O–H groups in total. The van der Waals surface area contributed by atoms with Crippen molar-refractivity contribution in [1.29, 1.82) is 0 Å². The number of halogens is 3. The van der Waals surface area contributed by atoms with Gasteiger partial charge in [0.05, 0.1) is 6.42 Å². The molecule has 0 unspecified atom stereocenters. The van der Waals surface area contributed by atoms with E-state index < -0.39 is 41.5 Å². The molecule has 0 aromatic rings. The van der Waals surface area contributed by atoms with Crippen molar-refractivity contribution in [2.24, 2.45) is 22.7 Å². The minimum atomic E-state index is -5.10. The quantitative estimate of drug-likeness (QED) is 0.784. The molecule has 0 radical (unpaired) electrons. The highest BCUT2D eigenvalue weighted by Crippen LogP contribution is 2.65. The second kappa shape index (κ2) is 6.13. The Bertz CT molecular complexity index is 624. The molecule has 1 aliphatic heterocycles. The first-order valence-electron chi connectivity index (χ1n) is 8.48. The van der Waals surface area contributed by atoms with E-state index in [0.29, 0.717) is 6.54 Å². The SMILES string of the molecule is CC(C)(C)[C@H](NC(=O)C(F)(F)F)C(=O)N1C[C@H]2[C@@H]([C@H]1CC(=O)O)C2(C)C. The summed E-state index contributed by atoms with van der Waals surface area (Å²) in [6.07, 6.45) is -5.36. The van der Waals surface area contributed by atoms with Crippen LogP contribution in [0.4, 0.5) is 13.2 Å². The maximum Gasteiger partial charge on any atom is 0.471 e. The molecular weight excluding hydrogens is 353 g/mol. The highest BCUT2D eigenvalue weighted by molar-refractivity contribution is 5.91. The Labute approximate surface area is 150 Å². The van der Waals surface area contributed by atoms with E-state index in [1.54, 1.807) is 26.1 Å². The number of amides is 2. The monoisotopic (exact) mass is 378 g/mol. The van der Waals surface area contributed by atoms with Gasteiger partial charge in [-0.1, -0.05) is 34.6 Å². The van der Waals surface area contributed by atoms with Gasteiger partial charge in [-0.2, -0.15) is 13.2 Å². The van der Waals surface area contributed by atoms with Crippen LogP contribution in [-0.4, -0.2) is 52.6 Å². The minimum absolute atomic E-state index is 0.00138. The lowest BCUT2D eigenvalue weighted by Gasteiger charge is -2.37. The van der Waals surface area contributed by atoms with Gasteiger partial charge in [-0.05, 0) is 22.7 Å². The molecule has 4 atom stereocenters. The number of likely N-dealkylation sites (tertiary alicyclic amines) is 1. The zero-order valence-electron chi connectivity index (χ0n) is 15.5. The molecule has 1 heterocycles. The van der Waals surface area contributed by atoms with E-state index in [4.69, 9.17) is 0 Å². The van der Waals surface area contributed by atoms with Crippen LogP contribution in [0.1, 0.15) is 41.0 Å². The van der Waals surface area contributed by atoms with Crippen molar-refractivity contribution in [3.05, 3.63) is 0 Å². The Kier molecular flexibility index (Phi) is 4.83. The van der Waals surface area contributed by atoms with Crippen LogP contribution >= 0.6 is 0 Å². The second-order valence-electron chi connectivity index (χ2n) is 8.88. The summed E-state index contributed by atoms with van der Waals surface area (Å²) in [7, 11) is 0. The number of carboxylic acids is 1. The number of nitrogens with zero attached hydrogens (tertiary/aromatic N) is 1. The van der Waals surface area contributed by atoms with E-state index in [1.165, 1.54) is 4.90 Å². The van der Waals surface area contributed by atoms with Crippen molar-refractivity contribution in [2.45, 2.75) is 59.3 Å². The van der Waals surface area contributed by atoms with Crippen LogP contribution in [0.25, 0.3) is 0 Å². The molecule has 6 nitrogen and oxygen atoms in total. The summed E-state index contributed by atoms with van der Waals surface area (Å²) < 4.78 is 37.9.